The highest BCUT2D eigenvalue weighted by atomic mass is 19.4. The standard InChI is InChI=1S/C32H34F3NO4/c1-39-24-11-12-27(26-7-2-3-8-29(26)32(33,34)35)30(18-24)36-15-13-21(14-16-36)20-40-25-6-4-5-23(17-25)28(19-31(37)38)22-9-10-22/h2-8,11-12,17-18,21-22,28H,9-10,13-16,19-20H2,1H3,(H,37,38). The molecule has 1 unspecified atom stereocenters. The normalized spacial score (nSPS) is 16.9. The summed E-state index contributed by atoms with van der Waals surface area (Å²) in [5.74, 6) is 1.31. The predicted octanol–water partition coefficient (Wildman–Crippen LogP) is 7.64. The zero-order valence-electron chi connectivity index (χ0n) is 22.5. The van der Waals surface area contributed by atoms with E-state index < -0.39 is 17.7 Å². The van der Waals surface area contributed by atoms with Crippen molar-refractivity contribution < 1.29 is 32.5 Å². The van der Waals surface area contributed by atoms with Crippen LogP contribution >= 0.6 is 0 Å². The first-order valence-corrected chi connectivity index (χ1v) is 13.8. The molecule has 2 aliphatic rings. The van der Waals surface area contributed by atoms with Gasteiger partial charge in [-0.1, -0.05) is 30.3 Å². The second-order valence-corrected chi connectivity index (χ2v) is 10.8. The SMILES string of the molecule is COc1ccc(-c2ccccc2C(F)(F)F)c(N2CCC(COc3cccc(C(CC(=O)O)C4CC4)c3)CC2)c1. The van der Waals surface area contributed by atoms with E-state index in [1.54, 1.807) is 25.3 Å². The first-order chi connectivity index (χ1) is 19.2. The molecule has 212 valence electrons. The van der Waals surface area contributed by atoms with Crippen molar-refractivity contribution in [3.05, 3.63) is 77.9 Å². The maximum atomic E-state index is 13.8. The van der Waals surface area contributed by atoms with Gasteiger partial charge >= 0.3 is 12.1 Å². The Labute approximate surface area is 232 Å². The molecule has 8 heteroatoms. The maximum absolute atomic E-state index is 13.8. The van der Waals surface area contributed by atoms with Crippen molar-refractivity contribution in [2.24, 2.45) is 11.8 Å². The topological polar surface area (TPSA) is 59.0 Å². The van der Waals surface area contributed by atoms with Gasteiger partial charge in [-0.2, -0.15) is 13.2 Å². The molecule has 40 heavy (non-hydrogen) atoms. The van der Waals surface area contributed by atoms with Gasteiger partial charge in [0.25, 0.3) is 0 Å². The highest BCUT2D eigenvalue weighted by Crippen LogP contribution is 2.45. The van der Waals surface area contributed by atoms with Crippen molar-refractivity contribution in [3.63, 3.8) is 0 Å². The first-order valence-electron chi connectivity index (χ1n) is 13.8. The number of ether oxygens (including phenoxy) is 2. The number of methoxy groups -OCH3 is 1. The van der Waals surface area contributed by atoms with Crippen LogP contribution in [0.15, 0.2) is 66.7 Å². The number of nitrogens with zero attached hydrogens (tertiary/aromatic N) is 1. The lowest BCUT2D eigenvalue weighted by Gasteiger charge is -2.35. The Hall–Kier alpha value is -3.68. The van der Waals surface area contributed by atoms with E-state index in [2.05, 4.69) is 4.90 Å². The fourth-order valence-electron chi connectivity index (χ4n) is 5.73. The number of hydrogen-bond donors (Lipinski definition) is 1. The van der Waals surface area contributed by atoms with Gasteiger partial charge in [0.05, 0.1) is 25.7 Å². The summed E-state index contributed by atoms with van der Waals surface area (Å²) in [6, 6.07) is 18.7. The summed E-state index contributed by atoms with van der Waals surface area (Å²) in [6.07, 6.45) is -0.521. The number of rotatable bonds is 10. The van der Waals surface area contributed by atoms with Crippen LogP contribution in [0, 0.1) is 11.8 Å². The Kier molecular flexibility index (Phi) is 8.24. The van der Waals surface area contributed by atoms with Crippen LogP contribution in [0.4, 0.5) is 18.9 Å². The van der Waals surface area contributed by atoms with Gasteiger partial charge in [-0.15, -0.1) is 0 Å². The molecule has 0 aromatic heterocycles. The molecule has 3 aromatic rings. The number of halogens is 3. The lowest BCUT2D eigenvalue weighted by atomic mass is 9.91. The molecule has 2 fully saturated rings. The third-order valence-electron chi connectivity index (χ3n) is 8.04. The Morgan fingerprint density at radius 1 is 0.950 bits per heavy atom. The van der Waals surface area contributed by atoms with Crippen molar-refractivity contribution in [2.45, 2.75) is 44.2 Å². The van der Waals surface area contributed by atoms with Crippen LogP contribution in [0.1, 0.15) is 49.1 Å². The summed E-state index contributed by atoms with van der Waals surface area (Å²) in [5.41, 5.74) is 1.78. The highest BCUT2D eigenvalue weighted by Gasteiger charge is 2.35. The van der Waals surface area contributed by atoms with Gasteiger partial charge in [0.1, 0.15) is 11.5 Å². The molecule has 1 heterocycles. The molecule has 5 nitrogen and oxygen atoms in total. The summed E-state index contributed by atoms with van der Waals surface area (Å²) < 4.78 is 53.0. The highest BCUT2D eigenvalue weighted by molar-refractivity contribution is 5.82. The Morgan fingerprint density at radius 3 is 2.38 bits per heavy atom. The number of carboxylic acids is 1. The number of anilines is 1. The van der Waals surface area contributed by atoms with Crippen LogP contribution in [-0.4, -0.2) is 37.9 Å². The van der Waals surface area contributed by atoms with Crippen LogP contribution in [0.3, 0.4) is 0 Å². The average Bonchev–Trinajstić information content (AvgIpc) is 3.80. The van der Waals surface area contributed by atoms with E-state index in [1.807, 2.05) is 30.3 Å². The second-order valence-electron chi connectivity index (χ2n) is 10.8. The van der Waals surface area contributed by atoms with Crippen molar-refractivity contribution in [1.29, 1.82) is 0 Å². The average molecular weight is 554 g/mol. The Morgan fingerprint density at radius 2 is 1.70 bits per heavy atom. The Bertz CT molecular complexity index is 1330. The molecule has 1 saturated heterocycles. The number of piperidine rings is 1. The molecule has 0 amide bonds. The molecule has 0 spiro atoms. The maximum Gasteiger partial charge on any atom is 0.417 e. The predicted molar refractivity (Wildman–Crippen MR) is 148 cm³/mol. The number of carbonyl (C=O) groups is 1. The molecular formula is C32H34F3NO4. The third kappa shape index (κ3) is 6.54. The van der Waals surface area contributed by atoms with Gasteiger partial charge in [-0.25, -0.2) is 0 Å². The van der Waals surface area contributed by atoms with Crippen molar-refractivity contribution in [3.8, 4) is 22.6 Å². The quantitative estimate of drug-likeness (QED) is 0.280. The number of aliphatic carboxylic acids is 1. The molecule has 0 radical (unpaired) electrons. The van der Waals surface area contributed by atoms with E-state index in [0.717, 1.165) is 48.8 Å². The molecule has 1 aliphatic carbocycles. The summed E-state index contributed by atoms with van der Waals surface area (Å²) >= 11 is 0. The molecule has 0 bridgehead atoms. The fourth-order valence-corrected chi connectivity index (χ4v) is 5.73. The lowest BCUT2D eigenvalue weighted by molar-refractivity contribution is -0.138. The minimum Gasteiger partial charge on any atom is -0.497 e. The largest absolute Gasteiger partial charge is 0.497 e. The van der Waals surface area contributed by atoms with E-state index in [-0.39, 0.29) is 17.9 Å². The van der Waals surface area contributed by atoms with Crippen molar-refractivity contribution >= 4 is 11.7 Å². The first kappa shape index (κ1) is 27.9. The third-order valence-corrected chi connectivity index (χ3v) is 8.04. The molecule has 1 saturated carbocycles. The molecular weight excluding hydrogens is 519 g/mol. The monoisotopic (exact) mass is 553 g/mol. The number of alkyl halides is 3. The second kappa shape index (κ2) is 11.8. The molecule has 5 rings (SSSR count). The minimum absolute atomic E-state index is 0.0174. The summed E-state index contributed by atoms with van der Waals surface area (Å²) in [7, 11) is 1.55. The summed E-state index contributed by atoms with van der Waals surface area (Å²) in [6.45, 7) is 1.90. The van der Waals surface area contributed by atoms with Crippen molar-refractivity contribution in [1.82, 2.24) is 0 Å². The van der Waals surface area contributed by atoms with Crippen LogP contribution in [-0.2, 0) is 11.0 Å². The fraction of sp³-hybridized carbons (Fsp3) is 0.406. The van der Waals surface area contributed by atoms with Gasteiger partial charge in [-0.05, 0) is 84.9 Å². The van der Waals surface area contributed by atoms with Crippen LogP contribution in [0.25, 0.3) is 11.1 Å². The van der Waals surface area contributed by atoms with E-state index in [9.17, 15) is 23.1 Å². The molecule has 1 N–H and O–H groups in total. The van der Waals surface area contributed by atoms with Gasteiger partial charge in [-0.3, -0.25) is 4.79 Å². The zero-order valence-corrected chi connectivity index (χ0v) is 22.5. The van der Waals surface area contributed by atoms with Crippen LogP contribution in [0.2, 0.25) is 0 Å². The number of carboxylic acid groups (broad SMARTS) is 1. The van der Waals surface area contributed by atoms with Gasteiger partial charge in [0.2, 0.25) is 0 Å². The van der Waals surface area contributed by atoms with E-state index in [4.69, 9.17) is 9.47 Å². The van der Waals surface area contributed by atoms with Crippen LogP contribution < -0.4 is 14.4 Å². The van der Waals surface area contributed by atoms with Gasteiger partial charge < -0.3 is 19.5 Å². The zero-order chi connectivity index (χ0) is 28.3. The smallest absolute Gasteiger partial charge is 0.417 e. The van der Waals surface area contributed by atoms with E-state index in [1.165, 1.54) is 12.1 Å². The lowest BCUT2D eigenvalue weighted by Crippen LogP contribution is -2.35. The number of benzene rings is 3. The van der Waals surface area contributed by atoms with E-state index >= 15 is 0 Å². The summed E-state index contributed by atoms with van der Waals surface area (Å²) in [5, 5.41) is 9.34. The molecule has 3 aromatic carbocycles. The van der Waals surface area contributed by atoms with Gasteiger partial charge in [0.15, 0.2) is 0 Å². The summed E-state index contributed by atoms with van der Waals surface area (Å²) in [4.78, 5) is 13.5. The Balaban J connectivity index is 1.26. The molecule has 1 atom stereocenters. The van der Waals surface area contributed by atoms with E-state index in [0.29, 0.717) is 42.8 Å². The number of hydrogen-bond acceptors (Lipinski definition) is 4. The van der Waals surface area contributed by atoms with Gasteiger partial charge in [0, 0.05) is 30.4 Å². The molecule has 1 aliphatic heterocycles. The van der Waals surface area contributed by atoms with Crippen LogP contribution in [0.5, 0.6) is 11.5 Å². The van der Waals surface area contributed by atoms with Crippen molar-refractivity contribution in [2.75, 3.05) is 31.7 Å². The minimum atomic E-state index is -4.46.